The number of aliphatic hydroxyl groups excluding tert-OH is 5. The highest BCUT2D eigenvalue weighted by molar-refractivity contribution is 5.67. The fraction of sp³-hybridized carbons (Fsp3) is 0.750. The lowest BCUT2D eigenvalue weighted by Crippen LogP contribution is -2.72. The van der Waals surface area contributed by atoms with E-state index in [1.165, 1.54) is 0 Å². The second-order valence-corrected chi connectivity index (χ2v) is 11.5. The summed E-state index contributed by atoms with van der Waals surface area (Å²) in [4.78, 5) is 12.2. The highest BCUT2D eigenvalue weighted by Gasteiger charge is 2.52. The van der Waals surface area contributed by atoms with Gasteiger partial charge in [0.05, 0.1) is 37.0 Å². The third-order valence-corrected chi connectivity index (χ3v) is 8.45. The second-order valence-electron chi connectivity index (χ2n) is 11.5. The Morgan fingerprint density at radius 1 is 0.905 bits per heavy atom. The van der Waals surface area contributed by atoms with Crippen molar-refractivity contribution < 1.29 is 54.0 Å². The molecule has 0 radical (unpaired) electrons. The first-order valence-electron chi connectivity index (χ1n) is 14.4. The van der Waals surface area contributed by atoms with Crippen LogP contribution in [0.5, 0.6) is 0 Å². The molecule has 1 saturated carbocycles. The van der Waals surface area contributed by atoms with Gasteiger partial charge in [-0.3, -0.25) is 0 Å². The molecule has 3 aliphatic rings. The summed E-state index contributed by atoms with van der Waals surface area (Å²) >= 11 is 0. The monoisotopic (exact) mass is 599 g/mol. The van der Waals surface area contributed by atoms with Crippen molar-refractivity contribution in [2.45, 2.75) is 107 Å². The second kappa shape index (κ2) is 14.7. The van der Waals surface area contributed by atoms with Crippen LogP contribution in [0.1, 0.15) is 32.3 Å². The first-order valence-corrected chi connectivity index (χ1v) is 14.4. The number of benzene rings is 1. The minimum Gasteiger partial charge on any atom is -0.445 e. The van der Waals surface area contributed by atoms with Gasteiger partial charge in [0.1, 0.15) is 37.1 Å². The maximum atomic E-state index is 12.2. The van der Waals surface area contributed by atoms with Crippen LogP contribution in [0.4, 0.5) is 4.79 Å². The average Bonchev–Trinajstić information content (AvgIpc) is 2.99. The molecule has 42 heavy (non-hydrogen) atoms. The van der Waals surface area contributed by atoms with Crippen molar-refractivity contribution in [1.82, 2.24) is 5.32 Å². The number of nitrogens with one attached hydrogen (secondary N) is 1. The molecule has 7 unspecified atom stereocenters. The molecule has 0 aromatic heterocycles. The summed E-state index contributed by atoms with van der Waals surface area (Å²) in [5.41, 5.74) is 13.3. The number of amides is 1. The van der Waals surface area contributed by atoms with E-state index in [-0.39, 0.29) is 19.1 Å². The summed E-state index contributed by atoms with van der Waals surface area (Å²) in [7, 11) is 0. The predicted octanol–water partition coefficient (Wildman–Crippen LogP) is -1.71. The first kappa shape index (κ1) is 33.0. The van der Waals surface area contributed by atoms with Crippen LogP contribution in [0.3, 0.4) is 0 Å². The third-order valence-electron chi connectivity index (χ3n) is 8.45. The van der Waals surface area contributed by atoms with Gasteiger partial charge in [-0.2, -0.15) is 0 Å². The molecule has 1 amide bonds. The van der Waals surface area contributed by atoms with Gasteiger partial charge in [-0.05, 0) is 18.4 Å². The van der Waals surface area contributed by atoms with Crippen LogP contribution >= 0.6 is 0 Å². The van der Waals surface area contributed by atoms with Crippen LogP contribution in [0, 0.1) is 11.8 Å². The van der Waals surface area contributed by atoms with Gasteiger partial charge in [-0.1, -0.05) is 44.2 Å². The van der Waals surface area contributed by atoms with Crippen molar-refractivity contribution in [2.75, 3.05) is 13.2 Å². The van der Waals surface area contributed by atoms with E-state index in [4.69, 9.17) is 35.2 Å². The fourth-order valence-electron chi connectivity index (χ4n) is 5.59. The summed E-state index contributed by atoms with van der Waals surface area (Å²) in [5.74, 6) is -0.816. The van der Waals surface area contributed by atoms with Crippen molar-refractivity contribution >= 4 is 6.09 Å². The molecule has 2 aliphatic heterocycles. The predicted molar refractivity (Wildman–Crippen MR) is 146 cm³/mol. The lowest BCUT2D eigenvalue weighted by molar-refractivity contribution is -0.326. The Hall–Kier alpha value is -1.95. The van der Waals surface area contributed by atoms with E-state index in [1.54, 1.807) is 6.92 Å². The smallest absolute Gasteiger partial charge is 0.407 e. The minimum absolute atomic E-state index is 0.103. The molecule has 3 fully saturated rings. The zero-order valence-electron chi connectivity index (χ0n) is 23.8. The van der Waals surface area contributed by atoms with Gasteiger partial charge in [0, 0.05) is 18.4 Å². The van der Waals surface area contributed by atoms with Crippen molar-refractivity contribution in [3.8, 4) is 0 Å². The molecule has 1 aromatic rings. The van der Waals surface area contributed by atoms with Gasteiger partial charge >= 0.3 is 6.09 Å². The molecule has 1 aromatic carbocycles. The van der Waals surface area contributed by atoms with E-state index in [9.17, 15) is 30.3 Å². The summed E-state index contributed by atoms with van der Waals surface area (Å²) < 4.78 is 28.9. The highest BCUT2D eigenvalue weighted by atomic mass is 16.7. The van der Waals surface area contributed by atoms with Crippen LogP contribution in [-0.2, 0) is 30.3 Å². The van der Waals surface area contributed by atoms with Crippen molar-refractivity contribution in [3.05, 3.63) is 35.9 Å². The van der Waals surface area contributed by atoms with Crippen LogP contribution < -0.4 is 16.8 Å². The lowest BCUT2D eigenvalue weighted by atomic mass is 9.81. The van der Waals surface area contributed by atoms with Gasteiger partial charge in [0.25, 0.3) is 0 Å². The quantitative estimate of drug-likeness (QED) is 0.158. The molecule has 1 aliphatic carbocycles. The van der Waals surface area contributed by atoms with Gasteiger partial charge in [-0.25, -0.2) is 4.79 Å². The summed E-state index contributed by atoms with van der Waals surface area (Å²) in [6.45, 7) is 3.27. The molecule has 4 rings (SSSR count). The Morgan fingerprint density at radius 3 is 2.19 bits per heavy atom. The van der Waals surface area contributed by atoms with Crippen LogP contribution in [-0.4, -0.2) is 118 Å². The molecular weight excluding hydrogens is 554 g/mol. The molecule has 238 valence electrons. The fourth-order valence-corrected chi connectivity index (χ4v) is 5.59. The number of carbonyl (C=O) groups excluding carboxylic acids is 1. The number of carbonyl (C=O) groups is 1. The van der Waals surface area contributed by atoms with E-state index in [1.807, 2.05) is 37.3 Å². The number of hydrogen-bond donors (Lipinski definition) is 8. The van der Waals surface area contributed by atoms with Gasteiger partial charge in [0.15, 0.2) is 12.6 Å². The van der Waals surface area contributed by atoms with Crippen LogP contribution in [0.2, 0.25) is 0 Å². The van der Waals surface area contributed by atoms with Crippen LogP contribution in [0.15, 0.2) is 30.3 Å². The number of aliphatic hydroxyl groups is 5. The minimum atomic E-state index is -1.45. The van der Waals surface area contributed by atoms with Crippen molar-refractivity contribution in [3.63, 3.8) is 0 Å². The van der Waals surface area contributed by atoms with E-state index >= 15 is 0 Å². The Balaban J connectivity index is 1.35. The maximum Gasteiger partial charge on any atom is 0.407 e. The summed E-state index contributed by atoms with van der Waals surface area (Å²) in [6.07, 6.45) is -10.5. The zero-order chi connectivity index (χ0) is 30.6. The van der Waals surface area contributed by atoms with Crippen molar-refractivity contribution in [2.24, 2.45) is 23.3 Å². The molecule has 2 saturated heterocycles. The largest absolute Gasteiger partial charge is 0.445 e. The Bertz CT molecular complexity index is 991. The average molecular weight is 600 g/mol. The highest BCUT2D eigenvalue weighted by Crippen LogP contribution is 2.33. The lowest BCUT2D eigenvalue weighted by Gasteiger charge is -2.49. The number of nitrogens with two attached hydrogens (primary N) is 2. The number of ether oxygens (including phenoxy) is 5. The molecule has 14 atom stereocenters. The van der Waals surface area contributed by atoms with E-state index in [0.717, 1.165) is 5.56 Å². The SMILES string of the molecule is CC1CCC(CNC(=O)OCc2ccccc2)O[C@@H]1OC1C(O)[C@@H](O[C@H]2OC(CO)[C@@H](O)[C@H](C)C2O)[C@H](N)C(O)[C@@H]1N. The molecule has 14 heteroatoms. The summed E-state index contributed by atoms with van der Waals surface area (Å²) in [5, 5.41) is 55.2. The number of hydrogen-bond acceptors (Lipinski definition) is 13. The maximum absolute atomic E-state index is 12.2. The van der Waals surface area contributed by atoms with Crippen LogP contribution in [0.25, 0.3) is 0 Å². The van der Waals surface area contributed by atoms with Crippen molar-refractivity contribution in [1.29, 1.82) is 0 Å². The number of rotatable bonds is 9. The van der Waals surface area contributed by atoms with E-state index in [2.05, 4.69) is 5.32 Å². The molecular formula is C28H45N3O11. The Morgan fingerprint density at radius 2 is 1.55 bits per heavy atom. The molecule has 14 nitrogen and oxygen atoms in total. The topological polar surface area (TPSA) is 228 Å². The first-order chi connectivity index (χ1) is 20.0. The molecule has 0 bridgehead atoms. The summed E-state index contributed by atoms with van der Waals surface area (Å²) in [6, 6.07) is 7.03. The standard InChI is InChI=1S/C28H45N3O11/c1-13-8-9-16(10-31-28(37)38-12-15-6-4-3-5-7-15)39-26(13)41-24-18(29)22(35)19(30)25(23(24)36)42-27-21(34)14(2)20(33)17(11-32)40-27/h3-7,13-14,16-27,32-36H,8-12,29-30H2,1-2H3,(H,31,37)/t13?,14-,16?,17?,18-,19+,20-,21?,22?,23?,24?,25-,26+,27+/m0/s1. The van der Waals surface area contributed by atoms with Gasteiger partial charge in [0.2, 0.25) is 0 Å². The number of alkyl carbamates (subject to hydrolysis) is 1. The Labute approximate surface area is 244 Å². The third kappa shape index (κ3) is 7.57. The molecule has 2 heterocycles. The Kier molecular flexibility index (Phi) is 11.5. The molecule has 10 N–H and O–H groups in total. The van der Waals surface area contributed by atoms with Gasteiger partial charge in [-0.15, -0.1) is 0 Å². The van der Waals surface area contributed by atoms with E-state index in [0.29, 0.717) is 12.8 Å². The zero-order valence-corrected chi connectivity index (χ0v) is 23.8. The normalized spacial score (nSPS) is 42.6. The van der Waals surface area contributed by atoms with Gasteiger partial charge < -0.3 is 66.0 Å². The van der Waals surface area contributed by atoms with E-state index < -0.39 is 92.1 Å². The molecule has 0 spiro atoms.